The SMILES string of the molecule is CN(C(=O)CCOc1ccccc1-c1ccccc1)C1CCNC1. The molecule has 1 aliphatic heterocycles. The predicted octanol–water partition coefficient (Wildman–Crippen LogP) is 2.94. The number of para-hydroxylation sites is 1. The number of carbonyl (C=O) groups is 1. The fourth-order valence-electron chi connectivity index (χ4n) is 3.05. The topological polar surface area (TPSA) is 41.6 Å². The number of nitrogens with one attached hydrogen (secondary N) is 1. The van der Waals surface area contributed by atoms with Gasteiger partial charge in [0.05, 0.1) is 13.0 Å². The maximum atomic E-state index is 12.3. The zero-order chi connectivity index (χ0) is 16.8. The normalized spacial score (nSPS) is 16.8. The van der Waals surface area contributed by atoms with Gasteiger partial charge in [0.1, 0.15) is 5.75 Å². The summed E-state index contributed by atoms with van der Waals surface area (Å²) in [5.74, 6) is 0.961. The molecular formula is C20H24N2O2. The van der Waals surface area contributed by atoms with Gasteiger partial charge in [0.25, 0.3) is 0 Å². The Kier molecular flexibility index (Phi) is 5.49. The van der Waals surface area contributed by atoms with Crippen molar-refractivity contribution < 1.29 is 9.53 Å². The molecule has 1 heterocycles. The zero-order valence-corrected chi connectivity index (χ0v) is 14.1. The van der Waals surface area contributed by atoms with E-state index in [9.17, 15) is 4.79 Å². The van der Waals surface area contributed by atoms with E-state index in [1.165, 1.54) is 0 Å². The van der Waals surface area contributed by atoms with Gasteiger partial charge in [-0.2, -0.15) is 0 Å². The van der Waals surface area contributed by atoms with E-state index in [-0.39, 0.29) is 5.91 Å². The van der Waals surface area contributed by atoms with Crippen molar-refractivity contribution in [2.24, 2.45) is 0 Å². The summed E-state index contributed by atoms with van der Waals surface area (Å²) in [6.45, 7) is 2.27. The van der Waals surface area contributed by atoms with Crippen LogP contribution in [0, 0.1) is 0 Å². The molecule has 2 aromatic rings. The van der Waals surface area contributed by atoms with Crippen LogP contribution >= 0.6 is 0 Å². The summed E-state index contributed by atoms with van der Waals surface area (Å²) in [7, 11) is 1.89. The lowest BCUT2D eigenvalue weighted by molar-refractivity contribution is -0.132. The molecule has 126 valence electrons. The molecular weight excluding hydrogens is 300 g/mol. The predicted molar refractivity (Wildman–Crippen MR) is 96.0 cm³/mol. The summed E-state index contributed by atoms with van der Waals surface area (Å²) in [6.07, 6.45) is 1.43. The van der Waals surface area contributed by atoms with Gasteiger partial charge in [0.2, 0.25) is 5.91 Å². The van der Waals surface area contributed by atoms with E-state index in [0.29, 0.717) is 19.1 Å². The number of ether oxygens (including phenoxy) is 1. The number of hydrogen-bond donors (Lipinski definition) is 1. The highest BCUT2D eigenvalue weighted by Crippen LogP contribution is 2.29. The van der Waals surface area contributed by atoms with Crippen LogP contribution in [0.5, 0.6) is 5.75 Å². The summed E-state index contributed by atoms with van der Waals surface area (Å²) in [5, 5.41) is 3.29. The second kappa shape index (κ2) is 7.97. The van der Waals surface area contributed by atoms with E-state index >= 15 is 0 Å². The third-order valence-electron chi connectivity index (χ3n) is 4.52. The van der Waals surface area contributed by atoms with Gasteiger partial charge in [0.15, 0.2) is 0 Å². The van der Waals surface area contributed by atoms with Crippen LogP contribution in [0.25, 0.3) is 11.1 Å². The van der Waals surface area contributed by atoms with E-state index in [2.05, 4.69) is 17.4 Å². The molecule has 1 fully saturated rings. The summed E-state index contributed by atoms with van der Waals surface area (Å²) < 4.78 is 5.91. The van der Waals surface area contributed by atoms with Crippen molar-refractivity contribution in [1.82, 2.24) is 10.2 Å². The largest absolute Gasteiger partial charge is 0.492 e. The molecule has 1 unspecified atom stereocenters. The lowest BCUT2D eigenvalue weighted by Crippen LogP contribution is -2.38. The van der Waals surface area contributed by atoms with Crippen molar-refractivity contribution in [2.45, 2.75) is 18.9 Å². The standard InChI is InChI=1S/C20H24N2O2/c1-22(17-11-13-21-15-17)20(23)12-14-24-19-10-6-5-9-18(19)16-7-3-2-4-8-16/h2-10,17,21H,11-15H2,1H3. The highest BCUT2D eigenvalue weighted by molar-refractivity contribution is 5.76. The monoisotopic (exact) mass is 324 g/mol. The van der Waals surface area contributed by atoms with Gasteiger partial charge in [-0.1, -0.05) is 48.5 Å². The Labute approximate surface area is 143 Å². The van der Waals surface area contributed by atoms with E-state index in [4.69, 9.17) is 4.74 Å². The van der Waals surface area contributed by atoms with Crippen LogP contribution in [0.3, 0.4) is 0 Å². The summed E-state index contributed by atoms with van der Waals surface area (Å²) in [6, 6.07) is 18.4. The van der Waals surface area contributed by atoms with Crippen molar-refractivity contribution >= 4 is 5.91 Å². The molecule has 0 saturated carbocycles. The Morgan fingerprint density at radius 2 is 1.92 bits per heavy atom. The van der Waals surface area contributed by atoms with Gasteiger partial charge in [-0.15, -0.1) is 0 Å². The number of nitrogens with zero attached hydrogens (tertiary/aromatic N) is 1. The summed E-state index contributed by atoms with van der Waals surface area (Å²) >= 11 is 0. The van der Waals surface area contributed by atoms with Crippen molar-refractivity contribution in [1.29, 1.82) is 0 Å². The van der Waals surface area contributed by atoms with Crippen LogP contribution in [-0.4, -0.2) is 43.6 Å². The van der Waals surface area contributed by atoms with E-state index in [1.54, 1.807) is 0 Å². The van der Waals surface area contributed by atoms with E-state index in [1.807, 2.05) is 54.4 Å². The number of amides is 1. The first-order valence-corrected chi connectivity index (χ1v) is 8.49. The molecule has 0 spiro atoms. The Hall–Kier alpha value is -2.33. The number of likely N-dealkylation sites (N-methyl/N-ethyl adjacent to an activating group) is 1. The third-order valence-corrected chi connectivity index (χ3v) is 4.52. The van der Waals surface area contributed by atoms with Gasteiger partial charge < -0.3 is 15.0 Å². The van der Waals surface area contributed by atoms with Crippen LogP contribution in [0.2, 0.25) is 0 Å². The number of rotatable bonds is 6. The van der Waals surface area contributed by atoms with E-state index < -0.39 is 0 Å². The smallest absolute Gasteiger partial charge is 0.226 e. The van der Waals surface area contributed by atoms with Crippen molar-refractivity contribution in [3.8, 4) is 16.9 Å². The van der Waals surface area contributed by atoms with Crippen LogP contribution in [0.4, 0.5) is 0 Å². The first kappa shape index (κ1) is 16.5. The average Bonchev–Trinajstić information content (AvgIpc) is 3.17. The van der Waals surface area contributed by atoms with Crippen LogP contribution in [0.1, 0.15) is 12.8 Å². The molecule has 4 nitrogen and oxygen atoms in total. The minimum absolute atomic E-state index is 0.140. The Balaban J connectivity index is 1.58. The summed E-state index contributed by atoms with van der Waals surface area (Å²) in [5.41, 5.74) is 2.17. The first-order valence-electron chi connectivity index (χ1n) is 8.49. The van der Waals surface area contributed by atoms with Gasteiger partial charge in [-0.05, 0) is 24.6 Å². The lowest BCUT2D eigenvalue weighted by Gasteiger charge is -2.23. The van der Waals surface area contributed by atoms with Crippen LogP contribution in [0.15, 0.2) is 54.6 Å². The highest BCUT2D eigenvalue weighted by Gasteiger charge is 2.22. The molecule has 1 N–H and O–H groups in total. The molecule has 24 heavy (non-hydrogen) atoms. The maximum absolute atomic E-state index is 12.3. The molecule has 4 heteroatoms. The molecule has 1 aliphatic rings. The zero-order valence-electron chi connectivity index (χ0n) is 14.1. The highest BCUT2D eigenvalue weighted by atomic mass is 16.5. The van der Waals surface area contributed by atoms with Gasteiger partial charge in [-0.3, -0.25) is 4.79 Å². The molecule has 2 aromatic carbocycles. The molecule has 0 bridgehead atoms. The maximum Gasteiger partial charge on any atom is 0.226 e. The molecule has 0 radical (unpaired) electrons. The second-order valence-electron chi connectivity index (χ2n) is 6.11. The molecule has 1 saturated heterocycles. The quantitative estimate of drug-likeness (QED) is 0.888. The second-order valence-corrected chi connectivity index (χ2v) is 6.11. The first-order chi connectivity index (χ1) is 11.8. The Morgan fingerprint density at radius 3 is 2.67 bits per heavy atom. The van der Waals surface area contributed by atoms with Crippen molar-refractivity contribution in [3.05, 3.63) is 54.6 Å². The van der Waals surface area contributed by atoms with Crippen LogP contribution < -0.4 is 10.1 Å². The number of carbonyl (C=O) groups excluding carboxylic acids is 1. The van der Waals surface area contributed by atoms with Gasteiger partial charge in [0, 0.05) is 25.2 Å². The molecule has 1 amide bonds. The molecule has 0 aliphatic carbocycles. The summed E-state index contributed by atoms with van der Waals surface area (Å²) in [4.78, 5) is 14.1. The molecule has 1 atom stereocenters. The Bertz CT molecular complexity index is 666. The molecule has 0 aromatic heterocycles. The lowest BCUT2D eigenvalue weighted by atomic mass is 10.1. The van der Waals surface area contributed by atoms with Crippen LogP contribution in [-0.2, 0) is 4.79 Å². The van der Waals surface area contributed by atoms with Crippen molar-refractivity contribution in [3.63, 3.8) is 0 Å². The fraction of sp³-hybridized carbons (Fsp3) is 0.350. The Morgan fingerprint density at radius 1 is 1.17 bits per heavy atom. The fourth-order valence-corrected chi connectivity index (χ4v) is 3.05. The number of hydrogen-bond acceptors (Lipinski definition) is 3. The molecule has 3 rings (SSSR count). The van der Waals surface area contributed by atoms with Crippen molar-refractivity contribution in [2.75, 3.05) is 26.7 Å². The van der Waals surface area contributed by atoms with Gasteiger partial charge >= 0.3 is 0 Å². The third kappa shape index (κ3) is 3.95. The minimum atomic E-state index is 0.140. The average molecular weight is 324 g/mol. The van der Waals surface area contributed by atoms with Gasteiger partial charge in [-0.25, -0.2) is 0 Å². The van der Waals surface area contributed by atoms with E-state index in [0.717, 1.165) is 36.4 Å². The number of benzene rings is 2. The minimum Gasteiger partial charge on any atom is -0.492 e.